The summed E-state index contributed by atoms with van der Waals surface area (Å²) in [7, 11) is -2.91. The van der Waals surface area contributed by atoms with Gasteiger partial charge in [0.25, 0.3) is 0 Å². The van der Waals surface area contributed by atoms with Gasteiger partial charge in [0.15, 0.2) is 9.84 Å². The third-order valence-corrected chi connectivity index (χ3v) is 8.06. The summed E-state index contributed by atoms with van der Waals surface area (Å²) in [5.41, 5.74) is 0. The maximum absolute atomic E-state index is 11.9. The fourth-order valence-electron chi connectivity index (χ4n) is 2.39. The lowest BCUT2D eigenvalue weighted by Crippen LogP contribution is -2.26. The lowest BCUT2D eigenvalue weighted by atomic mass is 10.3. The van der Waals surface area contributed by atoms with Gasteiger partial charge in [-0.15, -0.1) is 22.7 Å². The second kappa shape index (κ2) is 6.16. The van der Waals surface area contributed by atoms with Crippen molar-refractivity contribution >= 4 is 32.5 Å². The van der Waals surface area contributed by atoms with Crippen molar-refractivity contribution in [1.82, 2.24) is 9.88 Å². The summed E-state index contributed by atoms with van der Waals surface area (Å²) < 4.78 is 23.8. The SMILES string of the molecule is C[C@H]1CCN(Cc2cnc(-c3cccs3)s2)CCS1(=O)=O. The van der Waals surface area contributed by atoms with E-state index in [1.54, 1.807) is 22.7 Å². The molecule has 0 aromatic carbocycles. The maximum atomic E-state index is 11.9. The van der Waals surface area contributed by atoms with Crippen LogP contribution >= 0.6 is 22.7 Å². The number of rotatable bonds is 3. The topological polar surface area (TPSA) is 50.3 Å². The van der Waals surface area contributed by atoms with Crippen LogP contribution in [0.2, 0.25) is 0 Å². The van der Waals surface area contributed by atoms with Gasteiger partial charge in [-0.05, 0) is 31.3 Å². The van der Waals surface area contributed by atoms with E-state index in [1.807, 2.05) is 19.2 Å². The van der Waals surface area contributed by atoms with Gasteiger partial charge in [-0.1, -0.05) is 6.07 Å². The Morgan fingerprint density at radius 2 is 2.29 bits per heavy atom. The van der Waals surface area contributed by atoms with Crippen LogP contribution in [0.5, 0.6) is 0 Å². The molecule has 2 aromatic heterocycles. The molecule has 1 aliphatic heterocycles. The summed E-state index contributed by atoms with van der Waals surface area (Å²) in [4.78, 5) is 9.10. The summed E-state index contributed by atoms with van der Waals surface area (Å²) in [6, 6.07) is 4.11. The Morgan fingerprint density at radius 3 is 3.05 bits per heavy atom. The summed E-state index contributed by atoms with van der Waals surface area (Å²) in [5.74, 6) is 0.269. The Balaban J connectivity index is 1.67. The highest BCUT2D eigenvalue weighted by Gasteiger charge is 2.26. The van der Waals surface area contributed by atoms with Crippen LogP contribution in [0.1, 0.15) is 18.2 Å². The zero-order chi connectivity index (χ0) is 14.9. The molecule has 1 aliphatic rings. The molecule has 1 fully saturated rings. The first-order valence-electron chi connectivity index (χ1n) is 6.97. The van der Waals surface area contributed by atoms with Gasteiger partial charge in [0, 0.05) is 24.2 Å². The molecule has 1 saturated heterocycles. The van der Waals surface area contributed by atoms with Crippen LogP contribution in [0.4, 0.5) is 0 Å². The van der Waals surface area contributed by atoms with E-state index in [9.17, 15) is 8.42 Å². The first-order chi connectivity index (χ1) is 10.0. The van der Waals surface area contributed by atoms with Gasteiger partial charge >= 0.3 is 0 Å². The van der Waals surface area contributed by atoms with Crippen LogP contribution < -0.4 is 0 Å². The molecule has 0 N–H and O–H groups in total. The van der Waals surface area contributed by atoms with Crippen LogP contribution in [0.25, 0.3) is 9.88 Å². The largest absolute Gasteiger partial charge is 0.297 e. The van der Waals surface area contributed by atoms with E-state index in [-0.39, 0.29) is 11.0 Å². The predicted octanol–water partition coefficient (Wildman–Crippen LogP) is 2.88. The summed E-state index contributed by atoms with van der Waals surface area (Å²) >= 11 is 3.39. The lowest BCUT2D eigenvalue weighted by molar-refractivity contribution is 0.286. The zero-order valence-electron chi connectivity index (χ0n) is 11.9. The van der Waals surface area contributed by atoms with E-state index < -0.39 is 9.84 Å². The van der Waals surface area contributed by atoms with Gasteiger partial charge in [0.2, 0.25) is 0 Å². The van der Waals surface area contributed by atoms with Crippen molar-refractivity contribution in [1.29, 1.82) is 0 Å². The molecule has 7 heteroatoms. The van der Waals surface area contributed by atoms with Gasteiger partial charge in [0.05, 0.1) is 15.9 Å². The van der Waals surface area contributed by atoms with Crippen molar-refractivity contribution < 1.29 is 8.42 Å². The molecule has 0 unspecified atom stereocenters. The maximum Gasteiger partial charge on any atom is 0.154 e. The Morgan fingerprint density at radius 1 is 1.43 bits per heavy atom. The van der Waals surface area contributed by atoms with Gasteiger partial charge in [-0.3, -0.25) is 4.90 Å². The van der Waals surface area contributed by atoms with Crippen LogP contribution in [0.3, 0.4) is 0 Å². The second-order valence-corrected chi connectivity index (χ2v) is 9.95. The summed E-state index contributed by atoms with van der Waals surface area (Å²) in [5, 5.41) is 2.89. The molecule has 21 heavy (non-hydrogen) atoms. The minimum Gasteiger partial charge on any atom is -0.297 e. The number of aromatic nitrogens is 1. The van der Waals surface area contributed by atoms with Gasteiger partial charge in [0.1, 0.15) is 5.01 Å². The molecule has 0 bridgehead atoms. The van der Waals surface area contributed by atoms with Crippen molar-refractivity contribution in [3.8, 4) is 9.88 Å². The Kier molecular flexibility index (Phi) is 4.44. The fraction of sp³-hybridized carbons (Fsp3) is 0.500. The molecule has 2 aromatic rings. The molecule has 0 radical (unpaired) electrons. The molecule has 1 atom stereocenters. The fourth-order valence-corrected chi connectivity index (χ4v) is 5.52. The van der Waals surface area contributed by atoms with Crippen LogP contribution in [0.15, 0.2) is 23.7 Å². The number of thiazole rings is 1. The van der Waals surface area contributed by atoms with E-state index in [1.165, 1.54) is 9.75 Å². The minimum absolute atomic E-state index is 0.217. The molecule has 3 rings (SSSR count). The Labute approximate surface area is 133 Å². The summed E-state index contributed by atoms with van der Waals surface area (Å²) in [6.45, 7) is 4.08. The van der Waals surface area contributed by atoms with Crippen LogP contribution in [-0.2, 0) is 16.4 Å². The van der Waals surface area contributed by atoms with Crippen molar-refractivity contribution in [3.05, 3.63) is 28.6 Å². The number of hydrogen-bond donors (Lipinski definition) is 0. The molecule has 0 aliphatic carbocycles. The number of nitrogens with zero attached hydrogens (tertiary/aromatic N) is 2. The monoisotopic (exact) mass is 342 g/mol. The van der Waals surface area contributed by atoms with Crippen molar-refractivity contribution in [2.75, 3.05) is 18.8 Å². The standard InChI is InChI=1S/C14H18N2O2S3/c1-11-4-5-16(6-8-21(11,17)18)10-12-9-15-14(20-12)13-3-2-7-19-13/h2-3,7,9,11H,4-6,8,10H2,1H3/t11-/m0/s1. The van der Waals surface area contributed by atoms with Gasteiger partial charge in [-0.2, -0.15) is 0 Å². The van der Waals surface area contributed by atoms with E-state index in [2.05, 4.69) is 21.3 Å². The Bertz CT molecular complexity index is 692. The first-order valence-corrected chi connectivity index (χ1v) is 10.4. The van der Waals surface area contributed by atoms with Crippen molar-refractivity contribution in [3.63, 3.8) is 0 Å². The number of hydrogen-bond acceptors (Lipinski definition) is 6. The average molecular weight is 343 g/mol. The van der Waals surface area contributed by atoms with Crippen molar-refractivity contribution in [2.24, 2.45) is 0 Å². The highest BCUT2D eigenvalue weighted by atomic mass is 32.2. The van der Waals surface area contributed by atoms with Crippen LogP contribution in [0, 0.1) is 0 Å². The Hall–Kier alpha value is -0.760. The van der Waals surface area contributed by atoms with E-state index in [0.717, 1.165) is 24.5 Å². The predicted molar refractivity (Wildman–Crippen MR) is 88.6 cm³/mol. The van der Waals surface area contributed by atoms with Gasteiger partial charge in [-0.25, -0.2) is 13.4 Å². The third-order valence-electron chi connectivity index (χ3n) is 3.82. The molecule has 0 spiro atoms. The minimum atomic E-state index is -2.91. The normalized spacial score (nSPS) is 23.0. The van der Waals surface area contributed by atoms with Crippen molar-refractivity contribution in [2.45, 2.75) is 25.1 Å². The van der Waals surface area contributed by atoms with Crippen LogP contribution in [-0.4, -0.2) is 42.4 Å². The molecular formula is C14H18N2O2S3. The molecule has 0 amide bonds. The van der Waals surface area contributed by atoms with E-state index >= 15 is 0 Å². The highest BCUT2D eigenvalue weighted by Crippen LogP contribution is 2.29. The molecule has 114 valence electrons. The molecule has 0 saturated carbocycles. The quantitative estimate of drug-likeness (QED) is 0.861. The average Bonchev–Trinajstić information content (AvgIpc) is 3.09. The highest BCUT2D eigenvalue weighted by molar-refractivity contribution is 7.92. The smallest absolute Gasteiger partial charge is 0.154 e. The lowest BCUT2D eigenvalue weighted by Gasteiger charge is -2.17. The van der Waals surface area contributed by atoms with Gasteiger partial charge < -0.3 is 0 Å². The summed E-state index contributed by atoms with van der Waals surface area (Å²) in [6.07, 6.45) is 2.64. The van der Waals surface area contributed by atoms with E-state index in [4.69, 9.17) is 0 Å². The first kappa shape index (κ1) is 15.1. The zero-order valence-corrected chi connectivity index (χ0v) is 14.3. The molecule has 4 nitrogen and oxygen atoms in total. The number of thiophene rings is 1. The number of sulfone groups is 1. The third kappa shape index (κ3) is 3.53. The molecule has 3 heterocycles. The molecular weight excluding hydrogens is 324 g/mol. The second-order valence-electron chi connectivity index (χ2n) is 5.35. The van der Waals surface area contributed by atoms with E-state index in [0.29, 0.717) is 6.54 Å².